The summed E-state index contributed by atoms with van der Waals surface area (Å²) in [7, 11) is 2.13. The summed E-state index contributed by atoms with van der Waals surface area (Å²) >= 11 is 0. The lowest BCUT2D eigenvalue weighted by molar-refractivity contribution is -0.0364. The van der Waals surface area contributed by atoms with E-state index >= 15 is 0 Å². The molecule has 198 valence electrons. The Morgan fingerprint density at radius 1 is 1.03 bits per heavy atom. The molecule has 0 amide bonds. The minimum Gasteiger partial charge on any atom is -0.365 e. The molecule has 0 radical (unpaired) electrons. The Morgan fingerprint density at radius 2 is 1.87 bits per heavy atom. The second kappa shape index (κ2) is 10.9. The molecule has 3 aliphatic heterocycles. The summed E-state index contributed by atoms with van der Waals surface area (Å²) < 4.78 is 6.31. The van der Waals surface area contributed by atoms with Crippen molar-refractivity contribution >= 4 is 22.3 Å². The molecule has 3 aromatic rings. The average molecular weight is 511 g/mol. The number of anilines is 2. The zero-order chi connectivity index (χ0) is 26.1. The average Bonchev–Trinajstić information content (AvgIpc) is 3.35. The van der Waals surface area contributed by atoms with Gasteiger partial charge in [0.2, 0.25) is 6.54 Å². The zero-order valence-electron chi connectivity index (χ0n) is 22.7. The number of piperidine rings is 1. The van der Waals surface area contributed by atoms with E-state index in [9.17, 15) is 0 Å². The normalized spacial score (nSPS) is 22.0. The van der Waals surface area contributed by atoms with Crippen LogP contribution in [0.4, 0.5) is 11.5 Å². The van der Waals surface area contributed by atoms with E-state index in [1.165, 1.54) is 34.0 Å². The summed E-state index contributed by atoms with van der Waals surface area (Å²) in [5, 5.41) is 2.61. The lowest BCUT2D eigenvalue weighted by Crippen LogP contribution is -2.40. The highest BCUT2D eigenvalue weighted by atomic mass is 16.5. The van der Waals surface area contributed by atoms with Crippen LogP contribution >= 0.6 is 0 Å². The maximum atomic E-state index is 7.38. The number of aromatic nitrogens is 2. The Bertz CT molecular complexity index is 1340. The molecule has 7 heteroatoms. The van der Waals surface area contributed by atoms with Crippen LogP contribution in [0.15, 0.2) is 36.4 Å². The van der Waals surface area contributed by atoms with Gasteiger partial charge in [0.1, 0.15) is 18.7 Å². The minimum atomic E-state index is 0.145. The molecule has 2 atom stereocenters. The summed E-state index contributed by atoms with van der Waals surface area (Å²) in [6.45, 7) is 15.3. The van der Waals surface area contributed by atoms with Crippen LogP contribution in [-0.2, 0) is 24.3 Å². The van der Waals surface area contributed by atoms with Gasteiger partial charge in [-0.05, 0) is 63.1 Å². The first kappa shape index (κ1) is 25.1. The zero-order valence-corrected chi connectivity index (χ0v) is 22.7. The van der Waals surface area contributed by atoms with Crippen LogP contribution < -0.4 is 9.80 Å². The van der Waals surface area contributed by atoms with E-state index in [0.717, 1.165) is 75.7 Å². The SMILES string of the molecule is [C-]#[N+]C[C@@H]1CCCN(c2nc(CO[C@@H]3CCCN3C)nc3c2CCN(c2cccc4cccc(C)c24)C3)C1. The van der Waals surface area contributed by atoms with E-state index in [0.29, 0.717) is 19.1 Å². The summed E-state index contributed by atoms with van der Waals surface area (Å²) in [6, 6.07) is 13.2. The van der Waals surface area contributed by atoms with E-state index in [1.807, 2.05) is 0 Å². The first-order valence-electron chi connectivity index (χ1n) is 14.1. The Morgan fingerprint density at radius 3 is 2.68 bits per heavy atom. The van der Waals surface area contributed by atoms with Crippen LogP contribution in [0.3, 0.4) is 0 Å². The van der Waals surface area contributed by atoms with E-state index in [-0.39, 0.29) is 6.23 Å². The quantitative estimate of drug-likeness (QED) is 0.425. The van der Waals surface area contributed by atoms with Crippen molar-refractivity contribution in [2.75, 3.05) is 49.6 Å². The first-order chi connectivity index (χ1) is 18.6. The molecule has 6 rings (SSSR count). The third-order valence-corrected chi connectivity index (χ3v) is 8.55. The Labute approximate surface area is 226 Å². The number of ether oxygens (including phenoxy) is 1. The highest BCUT2D eigenvalue weighted by molar-refractivity contribution is 5.97. The Hall–Kier alpha value is -3.21. The monoisotopic (exact) mass is 510 g/mol. The van der Waals surface area contributed by atoms with Gasteiger partial charge in [-0.1, -0.05) is 30.3 Å². The molecule has 38 heavy (non-hydrogen) atoms. The fourth-order valence-corrected chi connectivity index (χ4v) is 6.56. The largest absolute Gasteiger partial charge is 0.365 e. The standard InChI is InChI=1S/C31H38N6O/c1-22-8-4-10-24-11-5-12-27(30(22)24)36-17-14-25-26(20-36)33-28(21-38-29-13-7-15-35(29)3)34-31(25)37-16-6-9-23(19-37)18-32-2/h4-5,8,10-12,23,29H,6-7,9,13-21H2,1,3H3/t23-,29+/m0/s1. The van der Waals surface area contributed by atoms with Gasteiger partial charge in [-0.25, -0.2) is 16.5 Å². The van der Waals surface area contributed by atoms with Gasteiger partial charge >= 0.3 is 0 Å². The summed E-state index contributed by atoms with van der Waals surface area (Å²) in [5.41, 5.74) is 4.99. The minimum absolute atomic E-state index is 0.145. The number of likely N-dealkylation sites (tertiary alicyclic amines) is 1. The Kier molecular flexibility index (Phi) is 7.18. The molecular weight excluding hydrogens is 472 g/mol. The molecule has 4 heterocycles. The first-order valence-corrected chi connectivity index (χ1v) is 14.1. The van der Waals surface area contributed by atoms with E-state index < -0.39 is 0 Å². The van der Waals surface area contributed by atoms with Crippen molar-refractivity contribution in [2.45, 2.75) is 58.4 Å². The van der Waals surface area contributed by atoms with Gasteiger partial charge in [-0.3, -0.25) is 4.90 Å². The van der Waals surface area contributed by atoms with Crippen molar-refractivity contribution in [3.05, 3.63) is 70.5 Å². The second-order valence-corrected chi connectivity index (χ2v) is 11.2. The number of rotatable bonds is 6. The molecule has 0 saturated carbocycles. The fourth-order valence-electron chi connectivity index (χ4n) is 6.56. The predicted molar refractivity (Wildman–Crippen MR) is 152 cm³/mol. The molecule has 2 aromatic carbocycles. The van der Waals surface area contributed by atoms with Crippen molar-refractivity contribution in [2.24, 2.45) is 5.92 Å². The molecule has 2 fully saturated rings. The van der Waals surface area contributed by atoms with Crippen LogP contribution in [0.25, 0.3) is 15.6 Å². The topological polar surface area (TPSA) is 49.1 Å². The molecule has 1 aromatic heterocycles. The van der Waals surface area contributed by atoms with E-state index in [4.69, 9.17) is 21.3 Å². The van der Waals surface area contributed by atoms with Crippen molar-refractivity contribution in [1.82, 2.24) is 14.9 Å². The van der Waals surface area contributed by atoms with Crippen LogP contribution in [0.2, 0.25) is 0 Å². The number of benzene rings is 2. The maximum Gasteiger partial charge on any atom is 0.219 e. The van der Waals surface area contributed by atoms with E-state index in [1.54, 1.807) is 0 Å². The van der Waals surface area contributed by atoms with Gasteiger partial charge in [-0.15, -0.1) is 0 Å². The summed E-state index contributed by atoms with van der Waals surface area (Å²) in [5.74, 6) is 2.27. The smallest absolute Gasteiger partial charge is 0.219 e. The number of hydrogen-bond donors (Lipinski definition) is 0. The van der Waals surface area contributed by atoms with Gasteiger partial charge in [0.05, 0.1) is 12.2 Å². The van der Waals surface area contributed by atoms with Crippen molar-refractivity contribution in [3.8, 4) is 0 Å². The van der Waals surface area contributed by atoms with Gasteiger partial charge in [0.15, 0.2) is 5.82 Å². The fraction of sp³-hybridized carbons (Fsp3) is 0.516. The van der Waals surface area contributed by atoms with Crippen LogP contribution in [0.5, 0.6) is 0 Å². The molecule has 0 spiro atoms. The van der Waals surface area contributed by atoms with Gasteiger partial charge in [-0.2, -0.15) is 0 Å². The van der Waals surface area contributed by atoms with Gasteiger partial charge in [0.25, 0.3) is 0 Å². The molecule has 0 unspecified atom stereocenters. The lowest BCUT2D eigenvalue weighted by atomic mass is 9.96. The second-order valence-electron chi connectivity index (χ2n) is 11.2. The highest BCUT2D eigenvalue weighted by Crippen LogP contribution is 2.35. The Balaban J connectivity index is 1.34. The van der Waals surface area contributed by atoms with Crippen LogP contribution in [-0.4, -0.2) is 60.9 Å². The molecular formula is C31H38N6O. The van der Waals surface area contributed by atoms with Gasteiger partial charge < -0.3 is 19.4 Å². The molecule has 2 saturated heterocycles. The van der Waals surface area contributed by atoms with E-state index in [2.05, 4.69) is 69.9 Å². The molecule has 7 nitrogen and oxygen atoms in total. The molecule has 0 aliphatic carbocycles. The van der Waals surface area contributed by atoms with Crippen LogP contribution in [0.1, 0.15) is 48.3 Å². The van der Waals surface area contributed by atoms with Gasteiger partial charge in [0, 0.05) is 48.7 Å². The van der Waals surface area contributed by atoms with Crippen molar-refractivity contribution in [3.63, 3.8) is 0 Å². The number of aryl methyl sites for hydroxylation is 1. The highest BCUT2D eigenvalue weighted by Gasteiger charge is 2.30. The predicted octanol–water partition coefficient (Wildman–Crippen LogP) is 5.20. The molecule has 0 N–H and O–H groups in total. The molecule has 0 bridgehead atoms. The third-order valence-electron chi connectivity index (χ3n) is 8.55. The summed E-state index contributed by atoms with van der Waals surface area (Å²) in [4.78, 5) is 21.2. The van der Waals surface area contributed by atoms with Crippen molar-refractivity contribution < 1.29 is 4.74 Å². The number of fused-ring (bicyclic) bond motifs is 2. The van der Waals surface area contributed by atoms with Crippen molar-refractivity contribution in [1.29, 1.82) is 0 Å². The number of hydrogen-bond acceptors (Lipinski definition) is 6. The molecule has 3 aliphatic rings. The van der Waals surface area contributed by atoms with Crippen LogP contribution in [0, 0.1) is 19.4 Å². The summed E-state index contributed by atoms with van der Waals surface area (Å²) in [6.07, 6.45) is 5.54. The third kappa shape index (κ3) is 4.95. The lowest BCUT2D eigenvalue weighted by Gasteiger charge is -2.37. The number of nitrogens with zero attached hydrogens (tertiary/aromatic N) is 6. The maximum absolute atomic E-state index is 7.38.